The van der Waals surface area contributed by atoms with E-state index in [9.17, 15) is 59.1 Å². The van der Waals surface area contributed by atoms with Gasteiger partial charge in [0.05, 0.1) is 25.9 Å². The van der Waals surface area contributed by atoms with Crippen LogP contribution >= 0.6 is 0 Å². The first-order valence-corrected chi connectivity index (χ1v) is 25.3. The molecule has 0 fully saturated rings. The van der Waals surface area contributed by atoms with E-state index in [1.165, 1.54) is 109 Å². The van der Waals surface area contributed by atoms with Crippen LogP contribution in [0.1, 0.15) is 154 Å². The van der Waals surface area contributed by atoms with E-state index in [1.54, 1.807) is 12.2 Å². The van der Waals surface area contributed by atoms with Crippen molar-refractivity contribution in [3.63, 3.8) is 0 Å². The van der Waals surface area contributed by atoms with E-state index in [-0.39, 0.29) is 59.4 Å². The minimum Gasteiger partial charge on any atom is -0.508 e. The van der Waals surface area contributed by atoms with Crippen LogP contribution in [0.5, 0.6) is 5.75 Å². The van der Waals surface area contributed by atoms with E-state index < -0.39 is 91.5 Å². The van der Waals surface area contributed by atoms with Gasteiger partial charge in [-0.05, 0) is 69.2 Å². The minimum atomic E-state index is -1.48. The minimum absolute atomic E-state index is 0.117. The molecule has 10 N–H and O–H groups in total. The van der Waals surface area contributed by atoms with E-state index >= 15 is 0 Å². The molecule has 3 rings (SSSR count). The van der Waals surface area contributed by atoms with E-state index in [4.69, 9.17) is 0 Å². The molecule has 70 heavy (non-hydrogen) atoms. The van der Waals surface area contributed by atoms with Gasteiger partial charge in [0.15, 0.2) is 0 Å². The summed E-state index contributed by atoms with van der Waals surface area (Å²) in [6.45, 7) is 2.76. The molecule has 19 heteroatoms. The molecule has 2 unspecified atom stereocenters. The third-order valence-corrected chi connectivity index (χ3v) is 13.1. The van der Waals surface area contributed by atoms with E-state index in [0.717, 1.165) is 24.2 Å². The number of carbonyl (C=O) groups is 7. The van der Waals surface area contributed by atoms with Crippen molar-refractivity contribution in [3.05, 3.63) is 47.2 Å². The number of allylic oxidation sites excluding steroid dienone is 3. The number of hydrogen-bond acceptors (Lipinski definition) is 12. The van der Waals surface area contributed by atoms with Crippen LogP contribution in [-0.4, -0.2) is 147 Å². The van der Waals surface area contributed by atoms with Gasteiger partial charge < -0.3 is 61.9 Å². The van der Waals surface area contributed by atoms with Crippen LogP contribution in [-0.2, 0) is 33.6 Å². The third kappa shape index (κ3) is 19.0. The fourth-order valence-corrected chi connectivity index (χ4v) is 8.58. The average Bonchev–Trinajstić information content (AvgIpc) is 3.33. The SMILES string of the molecule is CCCCCCCCCCCCCCCC(=O)N(C)[C@H](CO)C(=O)N[C@H](C)C(=O)NCC(=O)N(C)[C@@H]1C(=O)N[C@@H](C)C(=O)N[C@H](C(=O)NCC(O)CO)CCCC2C=C(C(O)=CC2)c2cc1ccc2O. The lowest BCUT2D eigenvalue weighted by Gasteiger charge is -2.30. The fourth-order valence-electron chi connectivity index (χ4n) is 8.58. The molecule has 1 aromatic rings. The zero-order valence-electron chi connectivity index (χ0n) is 42.0. The Kier molecular flexibility index (Phi) is 26.0. The third-order valence-electron chi connectivity index (χ3n) is 13.1. The summed E-state index contributed by atoms with van der Waals surface area (Å²) in [6.07, 6.45) is 19.0. The molecule has 1 aromatic carbocycles. The van der Waals surface area contributed by atoms with Crippen LogP contribution in [0.25, 0.3) is 5.57 Å². The van der Waals surface area contributed by atoms with E-state index in [0.29, 0.717) is 25.7 Å². The largest absolute Gasteiger partial charge is 0.508 e. The van der Waals surface area contributed by atoms with Gasteiger partial charge in [0.2, 0.25) is 41.4 Å². The molecule has 1 aliphatic carbocycles. The number of rotatable bonds is 26. The van der Waals surface area contributed by atoms with Crippen molar-refractivity contribution < 1.29 is 59.1 Å². The summed E-state index contributed by atoms with van der Waals surface area (Å²) in [5, 5.41) is 63.8. The summed E-state index contributed by atoms with van der Waals surface area (Å²) >= 11 is 0. The molecule has 0 saturated carbocycles. The molecule has 7 amide bonds. The number of amides is 7. The number of aliphatic hydroxyl groups is 4. The topological polar surface area (TPSA) is 287 Å². The van der Waals surface area contributed by atoms with Crippen LogP contribution in [0.3, 0.4) is 0 Å². The molecule has 392 valence electrons. The number of carbonyl (C=O) groups excluding carboxylic acids is 7. The van der Waals surface area contributed by atoms with Crippen molar-refractivity contribution in [3.8, 4) is 5.75 Å². The Bertz CT molecular complexity index is 1960. The van der Waals surface area contributed by atoms with Crippen molar-refractivity contribution in [2.24, 2.45) is 5.92 Å². The molecule has 19 nitrogen and oxygen atoms in total. The number of fused-ring (bicyclic) bond motifs is 4. The lowest BCUT2D eigenvalue weighted by Crippen LogP contribution is -2.56. The van der Waals surface area contributed by atoms with Crippen molar-refractivity contribution in [2.45, 2.75) is 173 Å². The second kappa shape index (κ2) is 30.9. The summed E-state index contributed by atoms with van der Waals surface area (Å²) in [5.41, 5.74) is 0.617. The molecule has 2 aliphatic rings. The summed E-state index contributed by atoms with van der Waals surface area (Å²) < 4.78 is 0. The van der Waals surface area contributed by atoms with Crippen LogP contribution < -0.4 is 26.6 Å². The molecule has 1 heterocycles. The van der Waals surface area contributed by atoms with E-state index in [2.05, 4.69) is 33.5 Å². The Morgan fingerprint density at radius 2 is 1.43 bits per heavy atom. The second-order valence-corrected chi connectivity index (χ2v) is 18.8. The lowest BCUT2D eigenvalue weighted by molar-refractivity contribution is -0.142. The lowest BCUT2D eigenvalue weighted by atomic mass is 9.86. The van der Waals surface area contributed by atoms with Crippen LogP contribution in [0.4, 0.5) is 0 Å². The number of benzene rings is 1. The number of aromatic hydroxyl groups is 1. The molecule has 1 aliphatic heterocycles. The zero-order valence-corrected chi connectivity index (χ0v) is 42.0. The van der Waals surface area contributed by atoms with Crippen molar-refractivity contribution in [1.82, 2.24) is 36.4 Å². The number of hydrogen-bond donors (Lipinski definition) is 10. The summed E-state index contributed by atoms with van der Waals surface area (Å²) in [6, 6.07) is -2.14. The van der Waals surface area contributed by atoms with Crippen molar-refractivity contribution in [1.29, 1.82) is 0 Å². The highest BCUT2D eigenvalue weighted by Crippen LogP contribution is 2.38. The number of unbranched alkanes of at least 4 members (excludes halogenated alkanes) is 12. The van der Waals surface area contributed by atoms with Crippen LogP contribution in [0.2, 0.25) is 0 Å². The van der Waals surface area contributed by atoms with Gasteiger partial charge in [-0.1, -0.05) is 103 Å². The molecule has 0 saturated heterocycles. The number of aliphatic hydroxyl groups excluding tert-OH is 4. The zero-order chi connectivity index (χ0) is 51.8. The van der Waals surface area contributed by atoms with Crippen molar-refractivity contribution >= 4 is 46.9 Å². The maximum absolute atomic E-state index is 14.2. The van der Waals surface area contributed by atoms with Crippen LogP contribution in [0, 0.1) is 5.92 Å². The highest BCUT2D eigenvalue weighted by atomic mass is 16.3. The number of nitrogens with zero attached hydrogens (tertiary/aromatic N) is 2. The van der Waals surface area contributed by atoms with Gasteiger partial charge >= 0.3 is 0 Å². The number of phenols is 1. The normalized spacial score (nSPS) is 19.8. The predicted molar refractivity (Wildman–Crippen MR) is 264 cm³/mol. The van der Waals surface area contributed by atoms with Gasteiger partial charge in [0.25, 0.3) is 0 Å². The molecule has 0 spiro atoms. The standard InChI is InChI=1S/C51H81N7O12/c1-6-7-8-9-10-11-12-13-14-15-16-17-18-22-44(64)57(4)41(32-60)50(69)54-33(2)47(66)53-30-45(65)58(5)46-36-24-26-43(63)39(28-36)38-27-35(23-25-42(38)62)20-19-21-40(49(68)52-29-37(61)31-59)56-48(67)34(3)55-51(46)70/h24-28,33-35,37,40-41,46,59-63H,6-23,29-32H2,1-5H3,(H,52,68)(H,53,66)(H,54,69)(H,55,70)(H,56,67)/t33-,34+,35?,37?,40+,41-,46+/m1/s1. The number of likely N-dealkylation sites (N-methyl/N-ethyl adjacent to an activating group) is 2. The quantitative estimate of drug-likeness (QED) is 0.0599. The highest BCUT2D eigenvalue weighted by molar-refractivity contribution is 5.96. The highest BCUT2D eigenvalue weighted by Gasteiger charge is 2.34. The Labute approximate surface area is 413 Å². The number of phenolic OH excluding ortho intramolecular Hbond substituents is 1. The van der Waals surface area contributed by atoms with E-state index in [1.807, 2.05) is 0 Å². The molecular weight excluding hydrogens is 903 g/mol. The Hall–Kier alpha value is -5.53. The molecule has 0 radical (unpaired) electrons. The molecule has 7 atom stereocenters. The Morgan fingerprint density at radius 3 is 2.04 bits per heavy atom. The Morgan fingerprint density at radius 1 is 0.800 bits per heavy atom. The fraction of sp³-hybridized carbons (Fsp3) is 0.667. The molecule has 4 bridgehead atoms. The van der Waals surface area contributed by atoms with Gasteiger partial charge in [-0.2, -0.15) is 0 Å². The first-order valence-electron chi connectivity index (χ1n) is 25.3. The monoisotopic (exact) mass is 984 g/mol. The maximum atomic E-state index is 14.2. The van der Waals surface area contributed by atoms with Crippen LogP contribution in [0.15, 0.2) is 36.1 Å². The summed E-state index contributed by atoms with van der Waals surface area (Å²) in [5.74, 6) is -5.35. The first kappa shape index (κ1) is 58.8. The van der Waals surface area contributed by atoms with Gasteiger partial charge in [0.1, 0.15) is 41.7 Å². The van der Waals surface area contributed by atoms with Gasteiger partial charge in [-0.15, -0.1) is 0 Å². The Balaban J connectivity index is 1.66. The summed E-state index contributed by atoms with van der Waals surface area (Å²) in [4.78, 5) is 96.4. The predicted octanol–water partition coefficient (Wildman–Crippen LogP) is 3.30. The maximum Gasteiger partial charge on any atom is 0.248 e. The second-order valence-electron chi connectivity index (χ2n) is 18.8. The van der Waals surface area contributed by atoms with Crippen molar-refractivity contribution in [2.75, 3.05) is 40.4 Å². The number of nitrogens with one attached hydrogen (secondary N) is 5. The smallest absolute Gasteiger partial charge is 0.248 e. The molecular formula is C51H81N7O12. The first-order chi connectivity index (χ1) is 33.4. The van der Waals surface area contributed by atoms with Gasteiger partial charge in [-0.25, -0.2) is 0 Å². The van der Waals surface area contributed by atoms with Gasteiger partial charge in [0, 0.05) is 38.2 Å². The van der Waals surface area contributed by atoms with Gasteiger partial charge in [-0.3, -0.25) is 33.6 Å². The molecule has 0 aromatic heterocycles. The summed E-state index contributed by atoms with van der Waals surface area (Å²) in [7, 11) is 2.72. The average molecular weight is 984 g/mol.